The van der Waals surface area contributed by atoms with Crippen molar-refractivity contribution < 1.29 is 4.74 Å². The molecule has 0 aliphatic rings. The summed E-state index contributed by atoms with van der Waals surface area (Å²) in [5.41, 5.74) is 2.31. The van der Waals surface area contributed by atoms with Gasteiger partial charge in [0.05, 0.1) is 17.1 Å². The van der Waals surface area contributed by atoms with E-state index in [1.165, 1.54) is 4.68 Å². The molecule has 0 atom stereocenters. The van der Waals surface area contributed by atoms with Crippen molar-refractivity contribution in [1.82, 2.24) is 9.66 Å². The molecule has 5 nitrogen and oxygen atoms in total. The highest BCUT2D eigenvalue weighted by Crippen LogP contribution is 2.27. The van der Waals surface area contributed by atoms with Gasteiger partial charge in [0.2, 0.25) is 0 Å². The van der Waals surface area contributed by atoms with Gasteiger partial charge in [-0.15, -0.1) is 0 Å². The molecule has 0 saturated heterocycles. The van der Waals surface area contributed by atoms with Gasteiger partial charge in [-0.2, -0.15) is 9.78 Å². The summed E-state index contributed by atoms with van der Waals surface area (Å²) in [6, 6.07) is 27.5. The number of aromatic nitrogens is 2. The number of rotatable bonds is 5. The van der Waals surface area contributed by atoms with E-state index in [1.54, 1.807) is 19.2 Å². The van der Waals surface area contributed by atoms with Crippen molar-refractivity contribution in [2.75, 3.05) is 0 Å². The Morgan fingerprint density at radius 3 is 2.61 bits per heavy atom. The molecule has 0 radical (unpaired) electrons. The normalized spacial score (nSPS) is 11.5. The number of hydrogen-bond donors (Lipinski definition) is 0. The Bertz CT molecular complexity index is 1560. The molecular formula is C27H20BrN3O2. The first-order valence-electron chi connectivity index (χ1n) is 10.5. The van der Waals surface area contributed by atoms with E-state index in [9.17, 15) is 4.79 Å². The fourth-order valence-corrected chi connectivity index (χ4v) is 4.14. The standard InChI is InChI=1S/C27H20BrN3O2/c1-18-30-25-13-12-21(28)15-23(25)27(32)31(18)29-16-24-22-10-6-5-9-20(22)11-14-26(24)33-17-19-7-3-2-4-8-19/h2-16H,17H2,1H3. The lowest BCUT2D eigenvalue weighted by Gasteiger charge is -2.12. The van der Waals surface area contributed by atoms with E-state index in [1.807, 2.05) is 78.9 Å². The zero-order valence-electron chi connectivity index (χ0n) is 17.9. The molecule has 0 fully saturated rings. The summed E-state index contributed by atoms with van der Waals surface area (Å²) in [6.07, 6.45) is 1.68. The van der Waals surface area contributed by atoms with E-state index < -0.39 is 0 Å². The largest absolute Gasteiger partial charge is 0.488 e. The number of benzene rings is 4. The lowest BCUT2D eigenvalue weighted by atomic mass is 10.0. The molecular weight excluding hydrogens is 478 g/mol. The molecule has 33 heavy (non-hydrogen) atoms. The van der Waals surface area contributed by atoms with Crippen LogP contribution in [0.15, 0.2) is 99.3 Å². The van der Waals surface area contributed by atoms with Gasteiger partial charge in [-0.05, 0) is 47.5 Å². The Morgan fingerprint density at radius 1 is 0.970 bits per heavy atom. The van der Waals surface area contributed by atoms with E-state index in [4.69, 9.17) is 4.74 Å². The van der Waals surface area contributed by atoms with Crippen LogP contribution in [0.4, 0.5) is 0 Å². The molecule has 1 aromatic heterocycles. The van der Waals surface area contributed by atoms with Crippen LogP contribution in [0.2, 0.25) is 0 Å². The van der Waals surface area contributed by atoms with E-state index in [0.29, 0.717) is 29.1 Å². The lowest BCUT2D eigenvalue weighted by Crippen LogP contribution is -2.20. The topological polar surface area (TPSA) is 56.5 Å². The molecule has 6 heteroatoms. The van der Waals surface area contributed by atoms with Crippen LogP contribution in [0.5, 0.6) is 5.75 Å². The first-order valence-corrected chi connectivity index (χ1v) is 11.3. The molecule has 4 aromatic carbocycles. The first-order chi connectivity index (χ1) is 16.1. The van der Waals surface area contributed by atoms with Crippen LogP contribution in [0.3, 0.4) is 0 Å². The summed E-state index contributed by atoms with van der Waals surface area (Å²) >= 11 is 3.43. The molecule has 0 N–H and O–H groups in total. The van der Waals surface area contributed by atoms with Gasteiger partial charge in [0.25, 0.3) is 5.56 Å². The Balaban J connectivity index is 1.60. The van der Waals surface area contributed by atoms with Crippen LogP contribution in [-0.2, 0) is 6.61 Å². The minimum Gasteiger partial charge on any atom is -0.488 e. The second kappa shape index (κ2) is 9.00. The van der Waals surface area contributed by atoms with Gasteiger partial charge in [-0.3, -0.25) is 4.79 Å². The number of aryl methyl sites for hydroxylation is 1. The van der Waals surface area contributed by atoms with Crippen molar-refractivity contribution in [2.24, 2.45) is 5.10 Å². The maximum atomic E-state index is 13.1. The smallest absolute Gasteiger partial charge is 0.282 e. The van der Waals surface area contributed by atoms with Gasteiger partial charge in [0.1, 0.15) is 18.2 Å². The molecule has 0 unspecified atom stereocenters. The van der Waals surface area contributed by atoms with Crippen molar-refractivity contribution in [1.29, 1.82) is 0 Å². The van der Waals surface area contributed by atoms with Gasteiger partial charge >= 0.3 is 0 Å². The lowest BCUT2D eigenvalue weighted by molar-refractivity contribution is 0.306. The van der Waals surface area contributed by atoms with Crippen molar-refractivity contribution in [3.8, 4) is 5.75 Å². The molecule has 5 rings (SSSR count). The van der Waals surface area contributed by atoms with Crippen LogP contribution in [0, 0.1) is 6.92 Å². The fourth-order valence-electron chi connectivity index (χ4n) is 3.78. The van der Waals surface area contributed by atoms with E-state index in [2.05, 4.69) is 26.0 Å². The molecule has 1 heterocycles. The third-order valence-electron chi connectivity index (χ3n) is 5.44. The van der Waals surface area contributed by atoms with Gasteiger partial charge in [-0.25, -0.2) is 4.98 Å². The Hall–Kier alpha value is -3.77. The second-order valence-electron chi connectivity index (χ2n) is 7.65. The summed E-state index contributed by atoms with van der Waals surface area (Å²) in [5.74, 6) is 1.21. The molecule has 0 saturated carbocycles. The SMILES string of the molecule is Cc1nc2ccc(Br)cc2c(=O)n1N=Cc1c(OCc2ccccc2)ccc2ccccc12. The maximum absolute atomic E-state index is 13.1. The Morgan fingerprint density at radius 2 is 1.76 bits per heavy atom. The molecule has 0 aliphatic carbocycles. The zero-order chi connectivity index (χ0) is 22.8. The van der Waals surface area contributed by atoms with E-state index in [0.717, 1.165) is 26.4 Å². The van der Waals surface area contributed by atoms with Gasteiger partial charge in [0.15, 0.2) is 0 Å². The highest BCUT2D eigenvalue weighted by atomic mass is 79.9. The number of hydrogen-bond acceptors (Lipinski definition) is 4. The molecule has 5 aromatic rings. The van der Waals surface area contributed by atoms with Crippen LogP contribution < -0.4 is 10.3 Å². The van der Waals surface area contributed by atoms with Gasteiger partial charge in [-0.1, -0.05) is 76.6 Å². The minimum absolute atomic E-state index is 0.220. The molecule has 0 amide bonds. The first kappa shape index (κ1) is 21.1. The minimum atomic E-state index is -0.220. The summed E-state index contributed by atoms with van der Waals surface area (Å²) in [4.78, 5) is 17.7. The van der Waals surface area contributed by atoms with E-state index >= 15 is 0 Å². The summed E-state index contributed by atoms with van der Waals surface area (Å²) in [5, 5.41) is 7.11. The van der Waals surface area contributed by atoms with Crippen molar-refractivity contribution >= 4 is 43.8 Å². The third-order valence-corrected chi connectivity index (χ3v) is 5.93. The van der Waals surface area contributed by atoms with Crippen molar-refractivity contribution in [3.63, 3.8) is 0 Å². The predicted octanol–water partition coefficient (Wildman–Crippen LogP) is 6.08. The molecule has 0 bridgehead atoms. The average Bonchev–Trinajstić information content (AvgIpc) is 2.84. The van der Waals surface area contributed by atoms with Gasteiger partial charge in [0, 0.05) is 10.0 Å². The second-order valence-corrected chi connectivity index (χ2v) is 8.57. The zero-order valence-corrected chi connectivity index (χ0v) is 19.5. The van der Waals surface area contributed by atoms with Crippen LogP contribution in [-0.4, -0.2) is 15.9 Å². The molecule has 162 valence electrons. The monoisotopic (exact) mass is 497 g/mol. The number of halogens is 1. The van der Waals surface area contributed by atoms with E-state index in [-0.39, 0.29) is 5.56 Å². The maximum Gasteiger partial charge on any atom is 0.282 e. The van der Waals surface area contributed by atoms with Crippen LogP contribution >= 0.6 is 15.9 Å². The summed E-state index contributed by atoms with van der Waals surface area (Å²) in [6.45, 7) is 2.21. The summed E-state index contributed by atoms with van der Waals surface area (Å²) < 4.78 is 8.32. The highest BCUT2D eigenvalue weighted by molar-refractivity contribution is 9.10. The Kier molecular flexibility index (Phi) is 5.75. The van der Waals surface area contributed by atoms with Crippen LogP contribution in [0.25, 0.3) is 21.7 Å². The Labute approximate surface area is 199 Å². The van der Waals surface area contributed by atoms with Crippen LogP contribution in [0.1, 0.15) is 17.0 Å². The predicted molar refractivity (Wildman–Crippen MR) is 136 cm³/mol. The average molecular weight is 498 g/mol. The number of ether oxygens (including phenoxy) is 1. The summed E-state index contributed by atoms with van der Waals surface area (Å²) in [7, 11) is 0. The third kappa shape index (κ3) is 4.30. The van der Waals surface area contributed by atoms with Crippen molar-refractivity contribution in [3.05, 3.63) is 117 Å². The molecule has 0 spiro atoms. The highest BCUT2D eigenvalue weighted by Gasteiger charge is 2.11. The molecule has 0 aliphatic heterocycles. The fraction of sp³-hybridized carbons (Fsp3) is 0.0741. The number of fused-ring (bicyclic) bond motifs is 2. The quantitative estimate of drug-likeness (QED) is 0.276. The van der Waals surface area contributed by atoms with Gasteiger partial charge < -0.3 is 4.74 Å². The van der Waals surface area contributed by atoms with Crippen molar-refractivity contribution in [2.45, 2.75) is 13.5 Å². The number of nitrogens with zero attached hydrogens (tertiary/aromatic N) is 3.